The first-order valence-corrected chi connectivity index (χ1v) is 3.83. The quantitative estimate of drug-likeness (QED) is 0.465. The molecule has 0 amide bonds. The summed E-state index contributed by atoms with van der Waals surface area (Å²) in [7, 11) is 0. The fraction of sp³-hybridized carbons (Fsp3) is 0. The fourth-order valence-corrected chi connectivity index (χ4v) is 1.06. The summed E-state index contributed by atoms with van der Waals surface area (Å²) in [5.74, 6) is 5.92. The molecule has 0 unspecified atom stereocenters. The van der Waals surface area contributed by atoms with Crippen molar-refractivity contribution in [3.05, 3.63) is 30.6 Å². The molecule has 0 aliphatic carbocycles. The van der Waals surface area contributed by atoms with Crippen molar-refractivity contribution in [1.82, 2.24) is 15.2 Å². The zero-order valence-corrected chi connectivity index (χ0v) is 6.86. The molecule has 0 saturated carbocycles. The van der Waals surface area contributed by atoms with Crippen molar-refractivity contribution in [3.8, 4) is 11.4 Å². The molecule has 1 aromatic heterocycles. The minimum Gasteiger partial charge on any atom is -0.324 e. The van der Waals surface area contributed by atoms with Crippen LogP contribution in [0, 0.1) is 0 Å². The highest BCUT2D eigenvalue weighted by molar-refractivity contribution is 5.58. The SMILES string of the molecule is NNc1ccc(-c2nc[nH]n2)cc1. The summed E-state index contributed by atoms with van der Waals surface area (Å²) in [4.78, 5) is 4.02. The van der Waals surface area contributed by atoms with Crippen LogP contribution in [0.5, 0.6) is 0 Å². The number of hydrogen-bond acceptors (Lipinski definition) is 4. The van der Waals surface area contributed by atoms with Gasteiger partial charge in [0.15, 0.2) is 5.82 Å². The number of anilines is 1. The average Bonchev–Trinajstić information content (AvgIpc) is 2.71. The summed E-state index contributed by atoms with van der Waals surface area (Å²) in [5, 5.41) is 6.61. The van der Waals surface area contributed by atoms with Crippen LogP contribution in [0.3, 0.4) is 0 Å². The third kappa shape index (κ3) is 1.50. The Morgan fingerprint density at radius 1 is 1.23 bits per heavy atom. The molecule has 2 rings (SSSR count). The summed E-state index contributed by atoms with van der Waals surface area (Å²) < 4.78 is 0. The van der Waals surface area contributed by atoms with Crippen molar-refractivity contribution < 1.29 is 0 Å². The smallest absolute Gasteiger partial charge is 0.180 e. The highest BCUT2D eigenvalue weighted by atomic mass is 15.2. The fourth-order valence-electron chi connectivity index (χ4n) is 1.06. The van der Waals surface area contributed by atoms with Crippen LogP contribution >= 0.6 is 0 Å². The van der Waals surface area contributed by atoms with Crippen LogP contribution in [0.15, 0.2) is 30.6 Å². The van der Waals surface area contributed by atoms with Crippen LogP contribution in [0.4, 0.5) is 5.69 Å². The molecule has 13 heavy (non-hydrogen) atoms. The molecule has 0 atom stereocenters. The van der Waals surface area contributed by atoms with Gasteiger partial charge in [0.05, 0.1) is 0 Å². The molecule has 1 aromatic carbocycles. The molecular weight excluding hydrogens is 166 g/mol. The predicted molar refractivity (Wildman–Crippen MR) is 49.6 cm³/mol. The Balaban J connectivity index is 2.33. The number of benzene rings is 1. The van der Waals surface area contributed by atoms with Gasteiger partial charge in [0, 0.05) is 11.3 Å². The first-order valence-electron chi connectivity index (χ1n) is 3.83. The van der Waals surface area contributed by atoms with E-state index in [9.17, 15) is 0 Å². The minimum atomic E-state index is 0.684. The normalized spacial score (nSPS) is 9.92. The van der Waals surface area contributed by atoms with E-state index in [-0.39, 0.29) is 0 Å². The third-order valence-corrected chi connectivity index (χ3v) is 1.72. The van der Waals surface area contributed by atoms with Crippen molar-refractivity contribution in [2.24, 2.45) is 5.84 Å². The highest BCUT2D eigenvalue weighted by Gasteiger charge is 1.99. The number of nitrogen functional groups attached to an aromatic ring is 1. The van der Waals surface area contributed by atoms with Gasteiger partial charge < -0.3 is 5.43 Å². The molecule has 0 spiro atoms. The monoisotopic (exact) mass is 175 g/mol. The zero-order chi connectivity index (χ0) is 9.10. The van der Waals surface area contributed by atoms with E-state index in [2.05, 4.69) is 20.6 Å². The second-order valence-corrected chi connectivity index (χ2v) is 2.54. The molecule has 5 nitrogen and oxygen atoms in total. The summed E-state index contributed by atoms with van der Waals surface area (Å²) >= 11 is 0. The van der Waals surface area contributed by atoms with E-state index in [1.54, 1.807) is 6.33 Å². The Morgan fingerprint density at radius 2 is 2.00 bits per heavy atom. The maximum absolute atomic E-state index is 5.23. The lowest BCUT2D eigenvalue weighted by Crippen LogP contribution is -2.05. The molecule has 0 aliphatic rings. The Hall–Kier alpha value is -1.88. The van der Waals surface area contributed by atoms with Gasteiger partial charge in [-0.1, -0.05) is 0 Å². The number of nitrogens with two attached hydrogens (primary N) is 1. The Kier molecular flexibility index (Phi) is 1.93. The van der Waals surface area contributed by atoms with Gasteiger partial charge in [0.2, 0.25) is 0 Å². The van der Waals surface area contributed by atoms with Gasteiger partial charge in [-0.25, -0.2) is 4.98 Å². The second kappa shape index (κ2) is 3.24. The number of hydrogen-bond donors (Lipinski definition) is 3. The molecule has 5 heteroatoms. The largest absolute Gasteiger partial charge is 0.324 e. The summed E-state index contributed by atoms with van der Waals surface area (Å²) in [6.07, 6.45) is 1.55. The van der Waals surface area contributed by atoms with Crippen molar-refractivity contribution in [1.29, 1.82) is 0 Å². The topological polar surface area (TPSA) is 79.6 Å². The first kappa shape index (κ1) is 7.75. The van der Waals surface area contributed by atoms with Gasteiger partial charge in [-0.3, -0.25) is 10.9 Å². The Bertz CT molecular complexity index is 364. The van der Waals surface area contributed by atoms with Crippen LogP contribution in [0.25, 0.3) is 11.4 Å². The number of aromatic nitrogens is 3. The van der Waals surface area contributed by atoms with Crippen molar-refractivity contribution >= 4 is 5.69 Å². The second-order valence-electron chi connectivity index (χ2n) is 2.54. The molecule has 0 bridgehead atoms. The molecule has 2 aromatic rings. The standard InChI is InChI=1S/C8H9N5/c9-12-7-3-1-6(2-4-7)8-10-5-11-13-8/h1-5,12H,9H2,(H,10,11,13). The Morgan fingerprint density at radius 3 is 2.54 bits per heavy atom. The summed E-state index contributed by atoms with van der Waals surface area (Å²) in [6, 6.07) is 7.54. The van der Waals surface area contributed by atoms with E-state index < -0.39 is 0 Å². The molecule has 0 aliphatic heterocycles. The van der Waals surface area contributed by atoms with Gasteiger partial charge in [-0.2, -0.15) is 5.10 Å². The van der Waals surface area contributed by atoms with Crippen LogP contribution in [-0.4, -0.2) is 15.2 Å². The molecule has 0 fully saturated rings. The molecule has 4 N–H and O–H groups in total. The third-order valence-electron chi connectivity index (χ3n) is 1.72. The van der Waals surface area contributed by atoms with Gasteiger partial charge >= 0.3 is 0 Å². The molecule has 1 heterocycles. The van der Waals surface area contributed by atoms with E-state index in [0.717, 1.165) is 11.3 Å². The zero-order valence-electron chi connectivity index (χ0n) is 6.86. The average molecular weight is 175 g/mol. The lowest BCUT2D eigenvalue weighted by atomic mass is 10.2. The van der Waals surface area contributed by atoms with Crippen molar-refractivity contribution in [3.63, 3.8) is 0 Å². The van der Waals surface area contributed by atoms with Gasteiger partial charge in [0.1, 0.15) is 6.33 Å². The van der Waals surface area contributed by atoms with Gasteiger partial charge in [0.25, 0.3) is 0 Å². The van der Waals surface area contributed by atoms with E-state index >= 15 is 0 Å². The minimum absolute atomic E-state index is 0.684. The van der Waals surface area contributed by atoms with E-state index in [4.69, 9.17) is 5.84 Å². The van der Waals surface area contributed by atoms with Crippen molar-refractivity contribution in [2.75, 3.05) is 5.43 Å². The molecular formula is C8H9N5. The van der Waals surface area contributed by atoms with Gasteiger partial charge in [-0.15, -0.1) is 0 Å². The predicted octanol–water partition coefficient (Wildman–Crippen LogP) is 0.757. The van der Waals surface area contributed by atoms with E-state index in [1.165, 1.54) is 0 Å². The first-order chi connectivity index (χ1) is 6.40. The lowest BCUT2D eigenvalue weighted by Gasteiger charge is -1.99. The molecule has 0 radical (unpaired) electrons. The number of hydrazine groups is 1. The number of nitrogens with zero attached hydrogens (tertiary/aromatic N) is 2. The lowest BCUT2D eigenvalue weighted by molar-refractivity contribution is 1.10. The van der Waals surface area contributed by atoms with Crippen LogP contribution < -0.4 is 11.3 Å². The Labute approximate surface area is 75.0 Å². The van der Waals surface area contributed by atoms with Crippen LogP contribution in [0.2, 0.25) is 0 Å². The van der Waals surface area contributed by atoms with E-state index in [1.807, 2.05) is 24.3 Å². The molecule has 0 saturated heterocycles. The number of aromatic amines is 1. The number of rotatable bonds is 2. The maximum atomic E-state index is 5.23. The highest BCUT2D eigenvalue weighted by Crippen LogP contribution is 2.15. The van der Waals surface area contributed by atoms with Crippen LogP contribution in [-0.2, 0) is 0 Å². The maximum Gasteiger partial charge on any atom is 0.180 e. The molecule has 66 valence electrons. The van der Waals surface area contributed by atoms with Crippen LogP contribution in [0.1, 0.15) is 0 Å². The number of nitrogens with one attached hydrogen (secondary N) is 2. The number of H-pyrrole nitrogens is 1. The summed E-state index contributed by atoms with van der Waals surface area (Å²) in [6.45, 7) is 0. The van der Waals surface area contributed by atoms with Gasteiger partial charge in [-0.05, 0) is 24.3 Å². The summed E-state index contributed by atoms with van der Waals surface area (Å²) in [5.41, 5.74) is 4.37. The van der Waals surface area contributed by atoms with Crippen molar-refractivity contribution in [2.45, 2.75) is 0 Å². The van der Waals surface area contributed by atoms with E-state index in [0.29, 0.717) is 5.82 Å².